The number of quaternary nitrogens is 1. The van der Waals surface area contributed by atoms with Crippen molar-refractivity contribution >= 4 is 97.2 Å². The van der Waals surface area contributed by atoms with E-state index in [0.29, 0.717) is 32.4 Å². The van der Waals surface area contributed by atoms with Gasteiger partial charge in [0.15, 0.2) is 32.8 Å². The Morgan fingerprint density at radius 2 is 1.78 bits per heavy atom. The Morgan fingerprint density at radius 3 is 2.51 bits per heavy atom. The number of fused-ring (bicyclic) bond motifs is 3. The van der Waals surface area contributed by atoms with Crippen molar-refractivity contribution in [2.75, 3.05) is 12.3 Å². The fourth-order valence-electron chi connectivity index (χ4n) is 5.18. The summed E-state index contributed by atoms with van der Waals surface area (Å²) in [5, 5.41) is 0.525. The molecule has 2 aliphatic rings. The lowest BCUT2D eigenvalue weighted by molar-refractivity contribution is -0.669. The third-order valence-corrected chi connectivity index (χ3v) is 12.1. The molecule has 1 saturated heterocycles. The Balaban J connectivity index is 1.64. The Morgan fingerprint density at radius 1 is 1.05 bits per heavy atom. The average Bonchev–Trinajstić information content (AvgIpc) is 3.47. The molecule has 0 aliphatic carbocycles. The lowest BCUT2D eigenvalue weighted by Gasteiger charge is -2.36. The predicted molar refractivity (Wildman–Crippen MR) is 151 cm³/mol. The molecule has 2 unspecified atom stereocenters. The normalized spacial score (nSPS) is 22.9. The molecule has 14 heteroatoms. The SMILES string of the molecule is O=S(=O)([O-])CCCC[n+]1c(C=C2Sc3ccc(Br)cc3[N+]23CCCC3S(=O)(=O)[O-])sc2ccc(Br)cc21. The molecular weight excluding hydrogens is 688 g/mol. The number of aryl methyl sites for hydroxylation is 1. The van der Waals surface area contributed by atoms with Crippen LogP contribution in [0.3, 0.4) is 0 Å². The minimum atomic E-state index is -4.59. The highest BCUT2D eigenvalue weighted by atomic mass is 79.9. The lowest BCUT2D eigenvalue weighted by Crippen LogP contribution is -2.53. The number of unbranched alkanes of at least 4 members (excludes halogenated alkanes) is 1. The van der Waals surface area contributed by atoms with Crippen molar-refractivity contribution in [2.45, 2.75) is 42.5 Å². The molecule has 2 aliphatic heterocycles. The highest BCUT2D eigenvalue weighted by molar-refractivity contribution is 9.10. The van der Waals surface area contributed by atoms with Crippen LogP contribution in [0.1, 0.15) is 30.7 Å². The van der Waals surface area contributed by atoms with E-state index in [2.05, 4.69) is 36.4 Å². The van der Waals surface area contributed by atoms with Crippen LogP contribution in [0.2, 0.25) is 0 Å². The van der Waals surface area contributed by atoms with Crippen LogP contribution in [0.15, 0.2) is 55.3 Å². The second-order valence-corrected chi connectivity index (χ2v) is 16.1. The Kier molecular flexibility index (Phi) is 7.70. The van der Waals surface area contributed by atoms with Crippen molar-refractivity contribution < 1.29 is 30.5 Å². The quantitative estimate of drug-likeness (QED) is 0.145. The van der Waals surface area contributed by atoms with Gasteiger partial charge in [0.1, 0.15) is 4.70 Å². The van der Waals surface area contributed by atoms with Crippen molar-refractivity contribution in [2.24, 2.45) is 0 Å². The van der Waals surface area contributed by atoms with Crippen molar-refractivity contribution in [1.29, 1.82) is 0 Å². The van der Waals surface area contributed by atoms with Gasteiger partial charge in [0.2, 0.25) is 5.52 Å². The van der Waals surface area contributed by atoms with Crippen LogP contribution in [-0.4, -0.2) is 43.6 Å². The number of aromatic nitrogens is 1. The van der Waals surface area contributed by atoms with Crippen LogP contribution < -0.4 is 9.05 Å². The molecular formula is C23H22Br2N2O6S4. The van der Waals surface area contributed by atoms with Crippen LogP contribution in [0.5, 0.6) is 0 Å². The van der Waals surface area contributed by atoms with Crippen molar-refractivity contribution in [3.05, 3.63) is 55.4 Å². The van der Waals surface area contributed by atoms with Crippen molar-refractivity contribution in [1.82, 2.24) is 4.48 Å². The summed E-state index contributed by atoms with van der Waals surface area (Å²) in [5.74, 6) is -0.418. The summed E-state index contributed by atoms with van der Waals surface area (Å²) in [6.45, 7) is 0.990. The number of thiazole rings is 1. The van der Waals surface area contributed by atoms with Crippen LogP contribution in [-0.2, 0) is 26.8 Å². The zero-order valence-corrected chi connectivity index (χ0v) is 25.7. The Bertz CT molecular complexity index is 1640. The molecule has 5 rings (SSSR count). The summed E-state index contributed by atoms with van der Waals surface area (Å²) in [5.41, 5.74) is 1.75. The van der Waals surface area contributed by atoms with E-state index in [4.69, 9.17) is 0 Å². The van der Waals surface area contributed by atoms with E-state index in [-0.39, 0.29) is 10.9 Å². The van der Waals surface area contributed by atoms with E-state index in [0.717, 1.165) is 39.8 Å². The van der Waals surface area contributed by atoms with E-state index < -0.39 is 31.4 Å². The van der Waals surface area contributed by atoms with Gasteiger partial charge in [-0.2, -0.15) is 4.57 Å². The largest absolute Gasteiger partial charge is 0.748 e. The fraction of sp³-hybridized carbons (Fsp3) is 0.348. The van der Waals surface area contributed by atoms with Crippen LogP contribution in [0, 0.1) is 0 Å². The van der Waals surface area contributed by atoms with Crippen molar-refractivity contribution in [3.63, 3.8) is 0 Å². The first-order valence-corrected chi connectivity index (χ1v) is 17.7. The van der Waals surface area contributed by atoms with E-state index in [1.807, 2.05) is 42.5 Å². The van der Waals surface area contributed by atoms with Gasteiger partial charge in [-0.25, -0.2) is 21.3 Å². The van der Waals surface area contributed by atoms with Gasteiger partial charge in [0, 0.05) is 46.1 Å². The Hall–Kier alpha value is -0.840. The molecule has 37 heavy (non-hydrogen) atoms. The number of rotatable bonds is 7. The van der Waals surface area contributed by atoms with E-state index >= 15 is 0 Å². The van der Waals surface area contributed by atoms with E-state index in [9.17, 15) is 25.9 Å². The van der Waals surface area contributed by atoms with Gasteiger partial charge in [-0.05, 0) is 42.4 Å². The second-order valence-electron chi connectivity index (χ2n) is 9.05. The topological polar surface area (TPSA) is 118 Å². The molecule has 1 fully saturated rings. The highest BCUT2D eigenvalue weighted by Gasteiger charge is 2.56. The standard InChI is InChI=1S/C23H22Br2N2O6S4/c24-15-5-7-19-17(12-15)26(9-1-2-11-36(28,29)30)21(34-19)14-22-27(10-3-4-23(27)37(31,32)33)18-13-16(25)6-8-20(18)35-22/h5-8,12-14,23H,1-4,9-11H2. The molecule has 2 aromatic carbocycles. The third kappa shape index (κ3) is 5.46. The zero-order chi connectivity index (χ0) is 26.6. The minimum Gasteiger partial charge on any atom is -0.748 e. The number of benzene rings is 2. The second kappa shape index (κ2) is 10.3. The number of thioether (sulfide) groups is 1. The molecule has 2 atom stereocenters. The van der Waals surface area contributed by atoms with Gasteiger partial charge in [-0.15, -0.1) is 0 Å². The van der Waals surface area contributed by atoms with Gasteiger partial charge in [0.05, 0.1) is 27.6 Å². The smallest absolute Gasteiger partial charge is 0.269 e. The first-order chi connectivity index (χ1) is 17.4. The lowest BCUT2D eigenvalue weighted by atomic mass is 10.2. The van der Waals surface area contributed by atoms with Gasteiger partial charge in [0.25, 0.3) is 5.01 Å². The molecule has 198 valence electrons. The molecule has 1 aromatic heterocycles. The molecule has 8 nitrogen and oxygen atoms in total. The zero-order valence-electron chi connectivity index (χ0n) is 19.3. The van der Waals surface area contributed by atoms with E-state index in [1.165, 1.54) is 11.8 Å². The molecule has 0 saturated carbocycles. The summed E-state index contributed by atoms with van der Waals surface area (Å²) in [6, 6.07) is 11.7. The van der Waals surface area contributed by atoms with Gasteiger partial charge >= 0.3 is 0 Å². The van der Waals surface area contributed by atoms with Crippen molar-refractivity contribution in [3.8, 4) is 0 Å². The minimum absolute atomic E-state index is 0.0162. The summed E-state index contributed by atoms with van der Waals surface area (Å²) < 4.78 is 75.5. The molecule has 3 heterocycles. The number of nitrogens with zero attached hydrogens (tertiary/aromatic N) is 2. The maximum atomic E-state index is 12.5. The molecule has 3 aromatic rings. The Labute approximate surface area is 240 Å². The van der Waals surface area contributed by atoms with Gasteiger partial charge < -0.3 is 9.11 Å². The third-order valence-electron chi connectivity index (χ3n) is 6.71. The summed E-state index contributed by atoms with van der Waals surface area (Å²) in [4.78, 5) is 0.918. The average molecular weight is 711 g/mol. The van der Waals surface area contributed by atoms with E-state index in [1.54, 1.807) is 11.3 Å². The van der Waals surface area contributed by atoms with Crippen LogP contribution >= 0.6 is 55.0 Å². The fourth-order valence-corrected chi connectivity index (χ4v) is 10.3. The number of hydrogen-bond donors (Lipinski definition) is 0. The predicted octanol–water partition coefficient (Wildman–Crippen LogP) is 5.12. The molecule has 0 amide bonds. The molecule has 0 N–H and O–H groups in total. The molecule has 0 radical (unpaired) electrons. The maximum absolute atomic E-state index is 12.5. The van der Waals surface area contributed by atoms with Gasteiger partial charge in [-0.3, -0.25) is 0 Å². The molecule has 1 spiro atoms. The van der Waals surface area contributed by atoms with Crippen LogP contribution in [0.25, 0.3) is 16.3 Å². The summed E-state index contributed by atoms with van der Waals surface area (Å²) in [6.07, 6.45) is 3.60. The molecule has 0 bridgehead atoms. The van der Waals surface area contributed by atoms with Crippen LogP contribution in [0.4, 0.5) is 5.69 Å². The summed E-state index contributed by atoms with van der Waals surface area (Å²) in [7, 11) is -8.88. The number of hydrogen-bond acceptors (Lipinski definition) is 8. The summed E-state index contributed by atoms with van der Waals surface area (Å²) >= 11 is 10.0. The highest BCUT2D eigenvalue weighted by Crippen LogP contribution is 2.57. The first-order valence-electron chi connectivity index (χ1n) is 11.5. The maximum Gasteiger partial charge on any atom is 0.269 e. The number of halogens is 2. The monoisotopic (exact) mass is 708 g/mol. The first kappa shape index (κ1) is 27.7. The van der Waals surface area contributed by atoms with Gasteiger partial charge in [-0.1, -0.05) is 43.2 Å².